The second-order valence-corrected chi connectivity index (χ2v) is 5.45. The molecule has 1 aliphatic carbocycles. The maximum absolute atomic E-state index is 5.97. The van der Waals surface area contributed by atoms with E-state index in [9.17, 15) is 0 Å². The fourth-order valence-electron chi connectivity index (χ4n) is 1.90. The molecule has 88 valence electrons. The van der Waals surface area contributed by atoms with E-state index in [0.29, 0.717) is 15.9 Å². The fraction of sp³-hybridized carbons (Fsp3) is 0.500. The van der Waals surface area contributed by atoms with Gasteiger partial charge >= 0.3 is 0 Å². The predicted octanol–water partition coefficient (Wildman–Crippen LogP) is 4.24. The van der Waals surface area contributed by atoms with E-state index < -0.39 is 0 Å². The molecule has 1 aliphatic rings. The Hall–Kier alpha value is 0.0500. The normalized spacial score (nSPS) is 18.2. The second-order valence-electron chi connectivity index (χ2n) is 4.37. The van der Waals surface area contributed by atoms with Crippen LogP contribution in [-0.4, -0.2) is 11.4 Å². The first-order chi connectivity index (χ1) is 7.65. The topological polar surface area (TPSA) is 12.0 Å². The van der Waals surface area contributed by atoms with E-state index in [4.69, 9.17) is 34.8 Å². The minimum absolute atomic E-state index is 0.146. The molecule has 1 fully saturated rings. The van der Waals surface area contributed by atoms with Gasteiger partial charge in [0, 0.05) is 18.0 Å². The van der Waals surface area contributed by atoms with Gasteiger partial charge in [0.2, 0.25) is 0 Å². The third-order valence-corrected chi connectivity index (χ3v) is 4.47. The summed E-state index contributed by atoms with van der Waals surface area (Å²) in [4.78, 5) is 0. The summed E-state index contributed by atoms with van der Waals surface area (Å²) in [5.41, 5.74) is 1.29. The van der Waals surface area contributed by atoms with Crippen LogP contribution < -0.4 is 5.32 Å². The van der Waals surface area contributed by atoms with Crippen LogP contribution in [0.5, 0.6) is 0 Å². The van der Waals surface area contributed by atoms with Crippen molar-refractivity contribution in [1.29, 1.82) is 0 Å². The molecule has 0 spiro atoms. The summed E-state index contributed by atoms with van der Waals surface area (Å²) in [5.74, 6) is 0.675. The van der Waals surface area contributed by atoms with Crippen molar-refractivity contribution in [3.63, 3.8) is 0 Å². The molecule has 0 aromatic heterocycles. The Labute approximate surface area is 111 Å². The molecule has 0 heterocycles. The zero-order valence-corrected chi connectivity index (χ0v) is 11.2. The van der Waals surface area contributed by atoms with Crippen molar-refractivity contribution < 1.29 is 0 Å². The van der Waals surface area contributed by atoms with Crippen LogP contribution in [0.3, 0.4) is 0 Å². The standard InChI is InChI=1S/C12H14Cl3N/c13-8-12(4-1-5-12)16-7-9-2-3-10(14)11(15)6-9/h2-3,6,16H,1,4-5,7-8H2. The first-order valence-electron chi connectivity index (χ1n) is 5.40. The monoisotopic (exact) mass is 277 g/mol. The van der Waals surface area contributed by atoms with Crippen molar-refractivity contribution >= 4 is 34.8 Å². The first-order valence-corrected chi connectivity index (χ1v) is 6.69. The second kappa shape index (κ2) is 5.14. The van der Waals surface area contributed by atoms with Crippen molar-refractivity contribution in [2.45, 2.75) is 31.3 Å². The van der Waals surface area contributed by atoms with Crippen molar-refractivity contribution in [3.05, 3.63) is 33.8 Å². The van der Waals surface area contributed by atoms with E-state index >= 15 is 0 Å². The van der Waals surface area contributed by atoms with Gasteiger partial charge < -0.3 is 5.32 Å². The number of hydrogen-bond donors (Lipinski definition) is 1. The Morgan fingerprint density at radius 2 is 1.94 bits per heavy atom. The highest BCUT2D eigenvalue weighted by atomic mass is 35.5. The first kappa shape index (κ1) is 12.5. The average molecular weight is 279 g/mol. The highest BCUT2D eigenvalue weighted by Crippen LogP contribution is 2.33. The van der Waals surface area contributed by atoms with E-state index in [0.717, 1.165) is 24.9 Å². The molecule has 1 aromatic carbocycles. The lowest BCUT2D eigenvalue weighted by molar-refractivity contribution is 0.211. The largest absolute Gasteiger partial charge is 0.306 e. The number of hydrogen-bond acceptors (Lipinski definition) is 1. The molecule has 0 radical (unpaired) electrons. The van der Waals surface area contributed by atoms with Crippen LogP contribution in [0, 0.1) is 0 Å². The van der Waals surface area contributed by atoms with E-state index in [1.807, 2.05) is 18.2 Å². The van der Waals surface area contributed by atoms with Crippen LogP contribution >= 0.6 is 34.8 Å². The van der Waals surface area contributed by atoms with Gasteiger partial charge in [0.15, 0.2) is 0 Å². The van der Waals surface area contributed by atoms with Crippen molar-refractivity contribution in [2.75, 3.05) is 5.88 Å². The molecule has 2 rings (SSSR count). The van der Waals surface area contributed by atoms with Gasteiger partial charge in [-0.15, -0.1) is 11.6 Å². The number of halogens is 3. The quantitative estimate of drug-likeness (QED) is 0.812. The Bertz CT molecular complexity index is 369. The van der Waals surface area contributed by atoms with Crippen LogP contribution in [0.15, 0.2) is 18.2 Å². The van der Waals surface area contributed by atoms with Crippen LogP contribution in [-0.2, 0) is 6.54 Å². The van der Waals surface area contributed by atoms with Crippen molar-refractivity contribution in [1.82, 2.24) is 5.32 Å². The maximum atomic E-state index is 5.97. The third-order valence-electron chi connectivity index (χ3n) is 3.22. The summed E-state index contributed by atoms with van der Waals surface area (Å²) in [5, 5.41) is 4.72. The Morgan fingerprint density at radius 1 is 1.19 bits per heavy atom. The summed E-state index contributed by atoms with van der Waals surface area (Å²) < 4.78 is 0. The maximum Gasteiger partial charge on any atom is 0.0595 e. The van der Waals surface area contributed by atoms with Crippen molar-refractivity contribution in [2.24, 2.45) is 0 Å². The summed E-state index contributed by atoms with van der Waals surface area (Å²) in [6.45, 7) is 0.795. The van der Waals surface area contributed by atoms with Crippen LogP contribution in [0.1, 0.15) is 24.8 Å². The van der Waals surface area contributed by atoms with Gasteiger partial charge in [-0.1, -0.05) is 29.3 Å². The van der Waals surface area contributed by atoms with Gasteiger partial charge in [-0.3, -0.25) is 0 Å². The zero-order valence-electron chi connectivity index (χ0n) is 8.90. The molecular weight excluding hydrogens is 264 g/mol. The van der Waals surface area contributed by atoms with Gasteiger partial charge in [-0.2, -0.15) is 0 Å². The van der Waals surface area contributed by atoms with E-state index in [-0.39, 0.29) is 5.54 Å². The molecule has 0 bridgehead atoms. The van der Waals surface area contributed by atoms with Gasteiger partial charge in [0.25, 0.3) is 0 Å². The predicted molar refractivity (Wildman–Crippen MR) is 70.6 cm³/mol. The highest BCUT2D eigenvalue weighted by molar-refractivity contribution is 6.42. The Kier molecular flexibility index (Phi) is 4.01. The average Bonchev–Trinajstić information content (AvgIpc) is 2.22. The molecule has 0 amide bonds. The van der Waals surface area contributed by atoms with Gasteiger partial charge in [-0.05, 0) is 37.0 Å². The molecule has 1 saturated carbocycles. The molecule has 0 atom stereocenters. The molecule has 1 N–H and O–H groups in total. The van der Waals surface area contributed by atoms with Crippen LogP contribution in [0.2, 0.25) is 10.0 Å². The molecule has 1 aromatic rings. The SMILES string of the molecule is ClCC1(NCc2ccc(Cl)c(Cl)c2)CCC1. The fourth-order valence-corrected chi connectivity index (χ4v) is 2.58. The molecule has 1 nitrogen and oxygen atoms in total. The Balaban J connectivity index is 1.96. The minimum atomic E-state index is 0.146. The van der Waals surface area contributed by atoms with Crippen LogP contribution in [0.25, 0.3) is 0 Å². The van der Waals surface area contributed by atoms with E-state index in [2.05, 4.69) is 5.32 Å². The molecule has 0 unspecified atom stereocenters. The lowest BCUT2D eigenvalue weighted by atomic mass is 9.78. The van der Waals surface area contributed by atoms with Crippen molar-refractivity contribution in [3.8, 4) is 0 Å². The number of benzene rings is 1. The Morgan fingerprint density at radius 3 is 2.44 bits per heavy atom. The summed E-state index contributed by atoms with van der Waals surface area (Å²) in [6, 6.07) is 5.72. The molecule has 0 saturated heterocycles. The number of nitrogens with one attached hydrogen (secondary N) is 1. The molecule has 16 heavy (non-hydrogen) atoms. The lowest BCUT2D eigenvalue weighted by Crippen LogP contribution is -2.52. The third kappa shape index (κ3) is 2.65. The zero-order chi connectivity index (χ0) is 11.6. The van der Waals surface area contributed by atoms with Gasteiger partial charge in [0.1, 0.15) is 0 Å². The van der Waals surface area contributed by atoms with E-state index in [1.165, 1.54) is 6.42 Å². The summed E-state index contributed by atoms with van der Waals surface area (Å²) in [7, 11) is 0. The van der Waals surface area contributed by atoms with Gasteiger partial charge in [0.05, 0.1) is 10.0 Å². The lowest BCUT2D eigenvalue weighted by Gasteiger charge is -2.41. The minimum Gasteiger partial charge on any atom is -0.306 e. The van der Waals surface area contributed by atoms with Crippen LogP contribution in [0.4, 0.5) is 0 Å². The smallest absolute Gasteiger partial charge is 0.0595 e. The number of rotatable bonds is 4. The molecule has 0 aliphatic heterocycles. The van der Waals surface area contributed by atoms with Gasteiger partial charge in [-0.25, -0.2) is 0 Å². The highest BCUT2D eigenvalue weighted by Gasteiger charge is 2.35. The molecule has 4 heteroatoms. The van der Waals surface area contributed by atoms with E-state index in [1.54, 1.807) is 0 Å². The molecular formula is C12H14Cl3N. The summed E-state index contributed by atoms with van der Waals surface area (Å²) in [6.07, 6.45) is 3.59. The number of alkyl halides is 1. The summed E-state index contributed by atoms with van der Waals surface area (Å²) >= 11 is 17.8.